The standard InChI is InChI=1S/C15H20N4O/c1-2-7-19(8-9-20)14-11-5-3-4-6-13(11)18-10-12(14)15(16)17/h3-6,10,20H,2,7-9H2,1H3,(H3,16,17). The van der Waals surface area contributed by atoms with Gasteiger partial charge in [-0.15, -0.1) is 0 Å². The van der Waals surface area contributed by atoms with Crippen LogP contribution < -0.4 is 10.6 Å². The second-order valence-corrected chi connectivity index (χ2v) is 4.66. The molecule has 0 aliphatic rings. The van der Waals surface area contributed by atoms with Crippen LogP contribution in [0.4, 0.5) is 5.69 Å². The third-order valence-corrected chi connectivity index (χ3v) is 3.22. The first kappa shape index (κ1) is 14.3. The van der Waals surface area contributed by atoms with Crippen LogP contribution in [0.5, 0.6) is 0 Å². The number of amidine groups is 1. The van der Waals surface area contributed by atoms with Gasteiger partial charge in [0.1, 0.15) is 5.84 Å². The zero-order valence-electron chi connectivity index (χ0n) is 11.6. The second kappa shape index (κ2) is 6.34. The maximum Gasteiger partial charge on any atom is 0.126 e. The molecule has 0 unspecified atom stereocenters. The molecule has 0 spiro atoms. The Hall–Kier alpha value is -2.14. The van der Waals surface area contributed by atoms with E-state index >= 15 is 0 Å². The third kappa shape index (κ3) is 2.72. The number of rotatable bonds is 6. The fraction of sp³-hybridized carbons (Fsp3) is 0.333. The van der Waals surface area contributed by atoms with Crippen molar-refractivity contribution in [2.75, 3.05) is 24.6 Å². The van der Waals surface area contributed by atoms with E-state index in [4.69, 9.17) is 11.1 Å². The zero-order chi connectivity index (χ0) is 14.5. The van der Waals surface area contributed by atoms with Crippen LogP contribution in [0.1, 0.15) is 18.9 Å². The van der Waals surface area contributed by atoms with Gasteiger partial charge in [0.25, 0.3) is 0 Å². The number of aliphatic hydroxyl groups excluding tert-OH is 1. The number of nitrogens with zero attached hydrogens (tertiary/aromatic N) is 2. The minimum Gasteiger partial charge on any atom is -0.395 e. The fourth-order valence-electron chi connectivity index (χ4n) is 2.39. The summed E-state index contributed by atoms with van der Waals surface area (Å²) < 4.78 is 0. The van der Waals surface area contributed by atoms with Gasteiger partial charge in [-0.05, 0) is 12.5 Å². The number of nitrogens with two attached hydrogens (primary N) is 1. The topological polar surface area (TPSA) is 86.2 Å². The van der Waals surface area contributed by atoms with E-state index in [1.807, 2.05) is 24.3 Å². The number of para-hydroxylation sites is 1. The van der Waals surface area contributed by atoms with Crippen LogP contribution in [0.15, 0.2) is 30.5 Å². The van der Waals surface area contributed by atoms with Gasteiger partial charge < -0.3 is 15.7 Å². The number of nitrogen functional groups attached to an aromatic ring is 1. The largest absolute Gasteiger partial charge is 0.395 e. The molecule has 2 aromatic rings. The fourth-order valence-corrected chi connectivity index (χ4v) is 2.39. The van der Waals surface area contributed by atoms with Crippen molar-refractivity contribution in [3.8, 4) is 0 Å². The smallest absolute Gasteiger partial charge is 0.126 e. The molecular formula is C15H20N4O. The molecule has 0 atom stereocenters. The van der Waals surface area contributed by atoms with Crippen molar-refractivity contribution in [3.63, 3.8) is 0 Å². The number of hydrogen-bond acceptors (Lipinski definition) is 4. The Morgan fingerprint density at radius 2 is 2.10 bits per heavy atom. The van der Waals surface area contributed by atoms with E-state index < -0.39 is 0 Å². The molecule has 0 aliphatic heterocycles. The molecule has 4 N–H and O–H groups in total. The summed E-state index contributed by atoms with van der Waals surface area (Å²) in [5.41, 5.74) is 8.06. The molecule has 2 rings (SSSR count). The lowest BCUT2D eigenvalue weighted by atomic mass is 10.1. The number of aliphatic hydroxyl groups is 1. The van der Waals surface area contributed by atoms with E-state index in [-0.39, 0.29) is 12.4 Å². The molecule has 1 aromatic carbocycles. The van der Waals surface area contributed by atoms with Crippen LogP contribution >= 0.6 is 0 Å². The Kier molecular flexibility index (Phi) is 4.53. The molecule has 0 saturated heterocycles. The molecule has 1 aromatic heterocycles. The quantitative estimate of drug-likeness (QED) is 0.552. The predicted molar refractivity (Wildman–Crippen MR) is 82.3 cm³/mol. The maximum atomic E-state index is 9.28. The van der Waals surface area contributed by atoms with Gasteiger partial charge in [-0.3, -0.25) is 10.4 Å². The Morgan fingerprint density at radius 3 is 2.75 bits per heavy atom. The van der Waals surface area contributed by atoms with Crippen molar-refractivity contribution < 1.29 is 5.11 Å². The third-order valence-electron chi connectivity index (χ3n) is 3.22. The number of fused-ring (bicyclic) bond motifs is 1. The van der Waals surface area contributed by atoms with Gasteiger partial charge in [0.05, 0.1) is 23.4 Å². The van der Waals surface area contributed by atoms with Crippen LogP contribution in [-0.4, -0.2) is 35.6 Å². The lowest BCUT2D eigenvalue weighted by Crippen LogP contribution is -2.30. The molecule has 5 nitrogen and oxygen atoms in total. The van der Waals surface area contributed by atoms with Gasteiger partial charge in [-0.2, -0.15) is 0 Å². The minimum absolute atomic E-state index is 0.00250. The molecule has 0 bridgehead atoms. The van der Waals surface area contributed by atoms with Crippen molar-refractivity contribution in [1.82, 2.24) is 4.98 Å². The summed E-state index contributed by atoms with van der Waals surface area (Å²) in [7, 11) is 0. The van der Waals surface area contributed by atoms with Crippen LogP contribution in [0.2, 0.25) is 0 Å². The summed E-state index contributed by atoms with van der Waals surface area (Å²) in [6.45, 7) is 3.46. The molecule has 0 saturated carbocycles. The summed E-state index contributed by atoms with van der Waals surface area (Å²) >= 11 is 0. The molecule has 1 heterocycles. The Balaban J connectivity index is 2.67. The van der Waals surface area contributed by atoms with Gasteiger partial charge in [-0.25, -0.2) is 0 Å². The summed E-state index contributed by atoms with van der Waals surface area (Å²) in [6, 6.07) is 7.79. The average Bonchev–Trinajstić information content (AvgIpc) is 2.45. The maximum absolute atomic E-state index is 9.28. The molecule has 0 radical (unpaired) electrons. The van der Waals surface area contributed by atoms with Crippen molar-refractivity contribution >= 4 is 22.4 Å². The van der Waals surface area contributed by atoms with E-state index in [0.717, 1.165) is 29.6 Å². The lowest BCUT2D eigenvalue weighted by Gasteiger charge is -2.27. The molecule has 106 valence electrons. The summed E-state index contributed by atoms with van der Waals surface area (Å²) in [5, 5.41) is 18.0. The molecule has 20 heavy (non-hydrogen) atoms. The van der Waals surface area contributed by atoms with E-state index in [9.17, 15) is 5.11 Å². The van der Waals surface area contributed by atoms with Gasteiger partial charge in [0.15, 0.2) is 0 Å². The Labute approximate surface area is 118 Å². The SMILES string of the molecule is CCCN(CCO)c1c(C(=N)N)cnc2ccccc12. The summed E-state index contributed by atoms with van der Waals surface area (Å²) in [5.74, 6) is -0.00250. The molecule has 0 aliphatic carbocycles. The number of aromatic nitrogens is 1. The van der Waals surface area contributed by atoms with Gasteiger partial charge in [0.2, 0.25) is 0 Å². The van der Waals surface area contributed by atoms with E-state index in [0.29, 0.717) is 12.1 Å². The normalized spacial score (nSPS) is 10.7. The highest BCUT2D eigenvalue weighted by Crippen LogP contribution is 2.29. The van der Waals surface area contributed by atoms with Crippen molar-refractivity contribution in [3.05, 3.63) is 36.0 Å². The number of anilines is 1. The van der Waals surface area contributed by atoms with Crippen LogP contribution in [0, 0.1) is 5.41 Å². The summed E-state index contributed by atoms with van der Waals surface area (Å²) in [4.78, 5) is 6.43. The van der Waals surface area contributed by atoms with Crippen LogP contribution in [0.3, 0.4) is 0 Å². The van der Waals surface area contributed by atoms with Crippen molar-refractivity contribution in [2.24, 2.45) is 5.73 Å². The zero-order valence-corrected chi connectivity index (χ0v) is 11.6. The van der Waals surface area contributed by atoms with Gasteiger partial charge >= 0.3 is 0 Å². The highest BCUT2D eigenvalue weighted by Gasteiger charge is 2.16. The Bertz CT molecular complexity index is 606. The summed E-state index contributed by atoms with van der Waals surface area (Å²) in [6.07, 6.45) is 2.59. The second-order valence-electron chi connectivity index (χ2n) is 4.66. The lowest BCUT2D eigenvalue weighted by molar-refractivity contribution is 0.302. The Morgan fingerprint density at radius 1 is 1.35 bits per heavy atom. The number of hydrogen-bond donors (Lipinski definition) is 3. The number of benzene rings is 1. The molecule has 5 heteroatoms. The van der Waals surface area contributed by atoms with E-state index in [1.165, 1.54) is 0 Å². The minimum atomic E-state index is -0.00250. The van der Waals surface area contributed by atoms with Gasteiger partial charge in [0, 0.05) is 24.7 Å². The first-order chi connectivity index (χ1) is 9.69. The van der Waals surface area contributed by atoms with Crippen molar-refractivity contribution in [1.29, 1.82) is 5.41 Å². The number of nitrogens with one attached hydrogen (secondary N) is 1. The first-order valence-corrected chi connectivity index (χ1v) is 6.77. The highest BCUT2D eigenvalue weighted by atomic mass is 16.3. The predicted octanol–water partition coefficient (Wildman–Crippen LogP) is 1.73. The van der Waals surface area contributed by atoms with Crippen molar-refractivity contribution in [2.45, 2.75) is 13.3 Å². The number of pyridine rings is 1. The first-order valence-electron chi connectivity index (χ1n) is 6.77. The highest BCUT2D eigenvalue weighted by molar-refractivity contribution is 6.07. The monoisotopic (exact) mass is 272 g/mol. The molecule has 0 fully saturated rings. The average molecular weight is 272 g/mol. The van der Waals surface area contributed by atoms with E-state index in [1.54, 1.807) is 6.20 Å². The van der Waals surface area contributed by atoms with Crippen LogP contribution in [-0.2, 0) is 0 Å². The molecular weight excluding hydrogens is 252 g/mol. The van der Waals surface area contributed by atoms with Gasteiger partial charge in [-0.1, -0.05) is 25.1 Å². The van der Waals surface area contributed by atoms with Crippen LogP contribution in [0.25, 0.3) is 10.9 Å². The van der Waals surface area contributed by atoms with E-state index in [2.05, 4.69) is 16.8 Å². The molecule has 0 amide bonds.